The molecule has 6 nitrogen and oxygen atoms in total. The van der Waals surface area contributed by atoms with Gasteiger partial charge < -0.3 is 10.6 Å². The van der Waals surface area contributed by atoms with Crippen LogP contribution in [0.2, 0.25) is 0 Å². The molecule has 1 aliphatic carbocycles. The van der Waals surface area contributed by atoms with Crippen LogP contribution in [0, 0.1) is 0 Å². The second kappa shape index (κ2) is 10.4. The second-order valence-electron chi connectivity index (χ2n) is 9.74. The Bertz CT molecular complexity index is 1620. The number of hydrogen-bond donors (Lipinski definition) is 2. The van der Waals surface area contributed by atoms with Crippen LogP contribution in [0.25, 0.3) is 11.1 Å². The van der Waals surface area contributed by atoms with Gasteiger partial charge in [0.05, 0.1) is 22.5 Å². The van der Waals surface area contributed by atoms with E-state index < -0.39 is 23.4 Å². The highest BCUT2D eigenvalue weighted by atomic mass is 16.2. The highest BCUT2D eigenvalue weighted by molar-refractivity contribution is 6.33. The maximum atomic E-state index is 13.7. The van der Waals surface area contributed by atoms with E-state index in [2.05, 4.69) is 23.8 Å². The van der Waals surface area contributed by atoms with Crippen molar-refractivity contribution in [1.82, 2.24) is 0 Å². The number of ketones is 2. The Morgan fingerprint density at radius 1 is 0.525 bits per heavy atom. The van der Waals surface area contributed by atoms with Crippen molar-refractivity contribution in [2.24, 2.45) is 0 Å². The Kier molecular flexibility index (Phi) is 6.84. The number of fused-ring (bicyclic) bond motifs is 2. The Hall–Kier alpha value is -5.36. The number of hydrogen-bond acceptors (Lipinski definition) is 4. The largest absolute Gasteiger partial charge is 0.321 e. The van der Waals surface area contributed by atoms with E-state index in [-0.39, 0.29) is 33.6 Å². The molecule has 0 heterocycles. The van der Waals surface area contributed by atoms with Crippen LogP contribution in [0.4, 0.5) is 11.4 Å². The molecule has 2 amide bonds. The molecule has 5 rings (SSSR count). The lowest BCUT2D eigenvalue weighted by atomic mass is 9.82. The van der Waals surface area contributed by atoms with Crippen LogP contribution < -0.4 is 10.6 Å². The lowest BCUT2D eigenvalue weighted by Crippen LogP contribution is -2.26. The van der Waals surface area contributed by atoms with Gasteiger partial charge in [0.1, 0.15) is 0 Å². The first kappa shape index (κ1) is 26.3. The zero-order valence-electron chi connectivity index (χ0n) is 22.1. The predicted molar refractivity (Wildman–Crippen MR) is 158 cm³/mol. The van der Waals surface area contributed by atoms with E-state index in [1.54, 1.807) is 72.8 Å². The van der Waals surface area contributed by atoms with Gasteiger partial charge in [-0.15, -0.1) is 0 Å². The predicted octanol–water partition coefficient (Wildman–Crippen LogP) is 7.03. The van der Waals surface area contributed by atoms with Crippen LogP contribution >= 0.6 is 0 Å². The van der Waals surface area contributed by atoms with E-state index in [1.165, 1.54) is 12.1 Å². The maximum Gasteiger partial charge on any atom is 0.255 e. The summed E-state index contributed by atoms with van der Waals surface area (Å²) in [4.78, 5) is 53.6. The summed E-state index contributed by atoms with van der Waals surface area (Å²) in [6.45, 7) is 11.6. The molecular weight excluding hydrogens is 500 g/mol. The summed E-state index contributed by atoms with van der Waals surface area (Å²) >= 11 is 0. The highest BCUT2D eigenvalue weighted by Gasteiger charge is 2.34. The molecule has 0 unspecified atom stereocenters. The van der Waals surface area contributed by atoms with Crippen molar-refractivity contribution in [3.63, 3.8) is 0 Å². The number of anilines is 2. The normalized spacial score (nSPS) is 11.8. The Morgan fingerprint density at radius 3 is 1.18 bits per heavy atom. The average Bonchev–Trinajstić information content (AvgIpc) is 2.96. The summed E-state index contributed by atoms with van der Waals surface area (Å²) in [5.41, 5.74) is 5.20. The number of rotatable bonds is 6. The molecule has 0 spiro atoms. The van der Waals surface area contributed by atoms with E-state index in [0.29, 0.717) is 11.1 Å². The lowest BCUT2D eigenvalue weighted by molar-refractivity contribution is 0.0977. The quantitative estimate of drug-likeness (QED) is 0.248. The minimum absolute atomic E-state index is 0.0334. The molecule has 4 aromatic carbocycles. The Labute approximate surface area is 232 Å². The molecule has 0 aromatic heterocycles. The minimum atomic E-state index is -0.441. The third-order valence-corrected chi connectivity index (χ3v) is 6.85. The highest BCUT2D eigenvalue weighted by Crippen LogP contribution is 2.37. The molecule has 0 bridgehead atoms. The van der Waals surface area contributed by atoms with Gasteiger partial charge in [0.25, 0.3) is 11.8 Å². The van der Waals surface area contributed by atoms with Crippen molar-refractivity contribution in [2.45, 2.75) is 13.8 Å². The number of nitrogens with one attached hydrogen (secondary N) is 2. The number of carbonyl (C=O) groups is 4. The molecule has 0 fully saturated rings. The molecule has 6 heteroatoms. The number of allylic oxidation sites excluding steroid dienone is 2. The van der Waals surface area contributed by atoms with Crippen LogP contribution in [0.3, 0.4) is 0 Å². The van der Waals surface area contributed by atoms with E-state index in [4.69, 9.17) is 0 Å². The van der Waals surface area contributed by atoms with Gasteiger partial charge in [-0.3, -0.25) is 19.2 Å². The van der Waals surface area contributed by atoms with E-state index >= 15 is 0 Å². The molecule has 0 saturated heterocycles. The summed E-state index contributed by atoms with van der Waals surface area (Å²) in [5.74, 6) is -1.71. The smallest absolute Gasteiger partial charge is 0.255 e. The van der Waals surface area contributed by atoms with Crippen molar-refractivity contribution < 1.29 is 19.2 Å². The van der Waals surface area contributed by atoms with Crippen molar-refractivity contribution >= 4 is 45.9 Å². The zero-order chi connectivity index (χ0) is 28.6. The van der Waals surface area contributed by atoms with Gasteiger partial charge in [-0.05, 0) is 61.4 Å². The van der Waals surface area contributed by atoms with Crippen molar-refractivity contribution in [1.29, 1.82) is 0 Å². The van der Waals surface area contributed by atoms with Crippen molar-refractivity contribution in [3.8, 4) is 0 Å². The average molecular weight is 527 g/mol. The maximum absolute atomic E-state index is 13.7. The van der Waals surface area contributed by atoms with E-state index in [0.717, 1.165) is 22.3 Å². The fourth-order valence-electron chi connectivity index (χ4n) is 4.63. The summed E-state index contributed by atoms with van der Waals surface area (Å²) < 4.78 is 0. The summed E-state index contributed by atoms with van der Waals surface area (Å²) in [6.07, 6.45) is 0. The lowest BCUT2D eigenvalue weighted by Gasteiger charge is -2.23. The van der Waals surface area contributed by atoms with E-state index in [1.807, 2.05) is 13.8 Å². The Morgan fingerprint density at radius 2 is 0.850 bits per heavy atom. The first-order valence-corrected chi connectivity index (χ1v) is 12.7. The molecule has 40 heavy (non-hydrogen) atoms. The van der Waals surface area contributed by atoms with Gasteiger partial charge in [-0.2, -0.15) is 0 Å². The Balaban J connectivity index is 1.54. The number of carbonyl (C=O) groups excluding carboxylic acids is 4. The number of amides is 2. The van der Waals surface area contributed by atoms with Crippen LogP contribution in [0.15, 0.2) is 98.1 Å². The monoisotopic (exact) mass is 526 g/mol. The van der Waals surface area contributed by atoms with Crippen LogP contribution in [0.1, 0.15) is 77.5 Å². The molecule has 0 aliphatic heterocycles. The molecule has 4 aromatic rings. The van der Waals surface area contributed by atoms with Gasteiger partial charge in [-0.25, -0.2) is 0 Å². The van der Waals surface area contributed by atoms with Crippen LogP contribution in [-0.4, -0.2) is 23.4 Å². The SMILES string of the molecule is C=C(C)c1ccc(C(=O)Nc2ccc(NC(=O)c3ccc(C(=C)C)cc3)c3c2C(=O)c2ccccc2C3=O)cc1. The fourth-order valence-corrected chi connectivity index (χ4v) is 4.63. The van der Waals surface area contributed by atoms with Crippen LogP contribution in [-0.2, 0) is 0 Å². The van der Waals surface area contributed by atoms with Gasteiger partial charge in [0, 0.05) is 22.3 Å². The zero-order valence-corrected chi connectivity index (χ0v) is 22.1. The molecule has 1 aliphatic rings. The second-order valence-corrected chi connectivity index (χ2v) is 9.74. The van der Waals surface area contributed by atoms with Crippen molar-refractivity contribution in [3.05, 3.63) is 143 Å². The third kappa shape index (κ3) is 4.78. The molecule has 0 radical (unpaired) electrons. The van der Waals surface area contributed by atoms with Crippen molar-refractivity contribution in [2.75, 3.05) is 10.6 Å². The standard InChI is InChI=1S/C34H26N2O4/c1-19(2)21-9-13-23(14-10-21)33(39)35-27-17-18-28(36-34(40)24-15-11-22(12-16-24)20(3)4)30-29(27)31(37)25-7-5-6-8-26(25)32(30)38/h5-18H,1,3H2,2,4H3,(H,35,39)(H,36,40). The topological polar surface area (TPSA) is 92.3 Å². The van der Waals surface area contributed by atoms with Gasteiger partial charge in [0.15, 0.2) is 11.6 Å². The molecule has 0 saturated carbocycles. The molecular formula is C34H26N2O4. The summed E-state index contributed by atoms with van der Waals surface area (Å²) in [6, 6.07) is 23.4. The fraction of sp³-hybridized carbons (Fsp3) is 0.0588. The van der Waals surface area contributed by atoms with E-state index in [9.17, 15) is 19.2 Å². The third-order valence-electron chi connectivity index (χ3n) is 6.85. The molecule has 0 atom stereocenters. The first-order valence-electron chi connectivity index (χ1n) is 12.7. The molecule has 2 N–H and O–H groups in total. The summed E-state index contributed by atoms with van der Waals surface area (Å²) in [7, 11) is 0. The van der Waals surface area contributed by atoms with Gasteiger partial charge in [0.2, 0.25) is 0 Å². The van der Waals surface area contributed by atoms with Gasteiger partial charge in [-0.1, -0.05) is 72.8 Å². The first-order chi connectivity index (χ1) is 19.2. The summed E-state index contributed by atoms with van der Waals surface area (Å²) in [5, 5.41) is 5.58. The van der Waals surface area contributed by atoms with Gasteiger partial charge >= 0.3 is 0 Å². The minimum Gasteiger partial charge on any atom is -0.321 e. The van der Waals surface area contributed by atoms with Crippen LogP contribution in [0.5, 0.6) is 0 Å². The number of benzene rings is 4. The molecule has 196 valence electrons.